The zero-order valence-corrected chi connectivity index (χ0v) is 20.8. The number of nitrogens with zero attached hydrogens (tertiary/aromatic N) is 2. The van der Waals surface area contributed by atoms with Crippen LogP contribution in [0, 0.1) is 6.92 Å². The second-order valence-electron chi connectivity index (χ2n) is 9.39. The van der Waals surface area contributed by atoms with Gasteiger partial charge in [-0.15, -0.1) is 0 Å². The van der Waals surface area contributed by atoms with Crippen molar-refractivity contribution in [3.63, 3.8) is 0 Å². The number of carbonyl (C=O) groups is 2. The molecule has 0 saturated heterocycles. The lowest BCUT2D eigenvalue weighted by atomic mass is 9.88. The summed E-state index contributed by atoms with van der Waals surface area (Å²) in [4.78, 5) is 43.0. The number of aryl methyl sites for hydroxylation is 3. The van der Waals surface area contributed by atoms with Crippen molar-refractivity contribution in [1.82, 2.24) is 14.9 Å². The maximum atomic E-state index is 13.3. The summed E-state index contributed by atoms with van der Waals surface area (Å²) in [7, 11) is 0. The molecule has 5 rings (SSSR count). The van der Waals surface area contributed by atoms with Crippen molar-refractivity contribution in [3.05, 3.63) is 106 Å². The highest BCUT2D eigenvalue weighted by molar-refractivity contribution is 5.81. The van der Waals surface area contributed by atoms with Crippen LogP contribution in [-0.4, -0.2) is 28.0 Å². The van der Waals surface area contributed by atoms with E-state index < -0.39 is 5.97 Å². The summed E-state index contributed by atoms with van der Waals surface area (Å²) in [6.07, 6.45) is 3.07. The summed E-state index contributed by atoms with van der Waals surface area (Å²) in [5.41, 5.74) is 4.52. The van der Waals surface area contributed by atoms with Crippen LogP contribution < -0.4 is 10.9 Å². The lowest BCUT2D eigenvalue weighted by Crippen LogP contribution is -2.34. The molecule has 1 aromatic heterocycles. The zero-order chi connectivity index (χ0) is 25.8. The van der Waals surface area contributed by atoms with Gasteiger partial charge in [-0.25, -0.2) is 4.98 Å². The largest absolute Gasteiger partial charge is 0.456 e. The Morgan fingerprint density at radius 1 is 1.03 bits per heavy atom. The quantitative estimate of drug-likeness (QED) is 0.385. The SMILES string of the molecule is Cc1ccc(-n2c(CCC(=O)OCC(=O)NC3CCCc4ccccc43)nc3ccccc3c2=O)cc1. The smallest absolute Gasteiger partial charge is 0.306 e. The molecular weight excluding hydrogens is 466 g/mol. The van der Waals surface area contributed by atoms with Gasteiger partial charge in [0.15, 0.2) is 6.61 Å². The first-order valence-electron chi connectivity index (χ1n) is 12.6. The van der Waals surface area contributed by atoms with E-state index in [0.717, 1.165) is 30.4 Å². The number of carbonyl (C=O) groups excluding carboxylic acids is 2. The molecule has 7 nitrogen and oxygen atoms in total. The standard InChI is InChI=1S/C30H29N3O4/c1-20-13-15-22(16-14-20)33-27(31-26-11-5-4-10-24(26)30(33)36)17-18-29(35)37-19-28(34)32-25-12-6-8-21-7-2-3-9-23(21)25/h2-5,7,9-11,13-16,25H,6,8,12,17-19H2,1H3,(H,32,34). The van der Waals surface area contributed by atoms with Crippen LogP contribution in [0.25, 0.3) is 16.6 Å². The van der Waals surface area contributed by atoms with Crippen LogP contribution in [0.15, 0.2) is 77.6 Å². The molecule has 188 valence electrons. The van der Waals surface area contributed by atoms with E-state index in [1.54, 1.807) is 22.8 Å². The summed E-state index contributed by atoms with van der Waals surface area (Å²) in [6, 6.07) is 22.8. The molecule has 1 atom stereocenters. The Bertz CT molecular complexity index is 1510. The number of aromatic nitrogens is 2. The van der Waals surface area contributed by atoms with Gasteiger partial charge in [-0.05, 0) is 61.6 Å². The number of rotatable bonds is 7. The highest BCUT2D eigenvalue weighted by Crippen LogP contribution is 2.29. The predicted molar refractivity (Wildman–Crippen MR) is 142 cm³/mol. The first-order chi connectivity index (χ1) is 18.0. The average Bonchev–Trinajstić information content (AvgIpc) is 2.92. The molecule has 0 bridgehead atoms. The first-order valence-corrected chi connectivity index (χ1v) is 12.6. The van der Waals surface area contributed by atoms with E-state index in [-0.39, 0.29) is 37.0 Å². The van der Waals surface area contributed by atoms with Crippen molar-refractivity contribution >= 4 is 22.8 Å². The molecule has 1 aliphatic rings. The summed E-state index contributed by atoms with van der Waals surface area (Å²) in [5, 5.41) is 3.50. The fraction of sp³-hybridized carbons (Fsp3) is 0.267. The van der Waals surface area contributed by atoms with Crippen LogP contribution in [-0.2, 0) is 27.2 Å². The molecule has 37 heavy (non-hydrogen) atoms. The van der Waals surface area contributed by atoms with E-state index in [1.165, 1.54) is 5.56 Å². The van der Waals surface area contributed by atoms with Crippen LogP contribution in [0.4, 0.5) is 0 Å². The van der Waals surface area contributed by atoms with Crippen molar-refractivity contribution in [1.29, 1.82) is 0 Å². The van der Waals surface area contributed by atoms with Crippen LogP contribution in [0.3, 0.4) is 0 Å². The monoisotopic (exact) mass is 495 g/mol. The van der Waals surface area contributed by atoms with Gasteiger partial charge in [0, 0.05) is 6.42 Å². The molecule has 3 aromatic carbocycles. The number of nitrogens with one attached hydrogen (secondary N) is 1. The van der Waals surface area contributed by atoms with Gasteiger partial charge in [0.25, 0.3) is 11.5 Å². The Morgan fingerprint density at radius 2 is 1.78 bits per heavy atom. The normalized spacial score (nSPS) is 14.7. The van der Waals surface area contributed by atoms with Gasteiger partial charge in [0.1, 0.15) is 5.82 Å². The summed E-state index contributed by atoms with van der Waals surface area (Å²) in [6.45, 7) is 1.64. The van der Waals surface area contributed by atoms with Crippen LogP contribution >= 0.6 is 0 Å². The van der Waals surface area contributed by atoms with Crippen LogP contribution in [0.2, 0.25) is 0 Å². The van der Waals surface area contributed by atoms with E-state index in [1.807, 2.05) is 55.5 Å². The minimum atomic E-state index is -0.517. The van der Waals surface area contributed by atoms with Gasteiger partial charge < -0.3 is 10.1 Å². The van der Waals surface area contributed by atoms with Gasteiger partial charge in [0.05, 0.1) is 29.1 Å². The molecule has 1 unspecified atom stereocenters. The Hall–Kier alpha value is -4.26. The van der Waals surface area contributed by atoms with Gasteiger partial charge >= 0.3 is 5.97 Å². The van der Waals surface area contributed by atoms with E-state index in [9.17, 15) is 14.4 Å². The lowest BCUT2D eigenvalue weighted by Gasteiger charge is -2.26. The molecule has 0 aliphatic heterocycles. The van der Waals surface area contributed by atoms with E-state index in [2.05, 4.69) is 16.4 Å². The number of para-hydroxylation sites is 1. The lowest BCUT2D eigenvalue weighted by molar-refractivity contribution is -0.148. The number of benzene rings is 3. The van der Waals surface area contributed by atoms with Crippen LogP contribution in [0.5, 0.6) is 0 Å². The molecule has 1 aliphatic carbocycles. The number of hydrogen-bond donors (Lipinski definition) is 1. The third-order valence-corrected chi connectivity index (χ3v) is 6.76. The second kappa shape index (κ2) is 10.8. The van der Waals surface area contributed by atoms with E-state index in [0.29, 0.717) is 22.4 Å². The molecular formula is C30H29N3O4. The number of esters is 1. The highest BCUT2D eigenvalue weighted by Gasteiger charge is 2.22. The van der Waals surface area contributed by atoms with Crippen molar-refractivity contribution in [2.75, 3.05) is 6.61 Å². The fourth-order valence-corrected chi connectivity index (χ4v) is 4.88. The van der Waals surface area contributed by atoms with E-state index in [4.69, 9.17) is 4.74 Å². The summed E-state index contributed by atoms with van der Waals surface area (Å²) in [5.74, 6) is -0.375. The second-order valence-corrected chi connectivity index (χ2v) is 9.39. The van der Waals surface area contributed by atoms with Crippen molar-refractivity contribution in [2.45, 2.75) is 45.1 Å². The maximum Gasteiger partial charge on any atom is 0.306 e. The Kier molecular flexibility index (Phi) is 7.12. The molecule has 7 heteroatoms. The Labute approximate surface area is 215 Å². The zero-order valence-electron chi connectivity index (χ0n) is 20.8. The first kappa shape index (κ1) is 24.4. The Morgan fingerprint density at radius 3 is 2.62 bits per heavy atom. The third kappa shape index (κ3) is 5.45. The number of amides is 1. The van der Waals surface area contributed by atoms with Crippen molar-refractivity contribution in [2.24, 2.45) is 0 Å². The molecule has 4 aromatic rings. The molecule has 0 spiro atoms. The number of ether oxygens (including phenoxy) is 1. The predicted octanol–water partition coefficient (Wildman–Crippen LogP) is 4.36. The van der Waals surface area contributed by atoms with Gasteiger partial charge in [-0.2, -0.15) is 0 Å². The van der Waals surface area contributed by atoms with E-state index >= 15 is 0 Å². The minimum Gasteiger partial charge on any atom is -0.456 e. The topological polar surface area (TPSA) is 90.3 Å². The van der Waals surface area contributed by atoms with Gasteiger partial charge in [-0.3, -0.25) is 19.0 Å². The fourth-order valence-electron chi connectivity index (χ4n) is 4.88. The molecule has 1 N–H and O–H groups in total. The number of hydrogen-bond acceptors (Lipinski definition) is 5. The van der Waals surface area contributed by atoms with Gasteiger partial charge in [-0.1, -0.05) is 54.1 Å². The Balaban J connectivity index is 1.25. The minimum absolute atomic E-state index is 0.00379. The number of fused-ring (bicyclic) bond motifs is 2. The highest BCUT2D eigenvalue weighted by atomic mass is 16.5. The third-order valence-electron chi connectivity index (χ3n) is 6.76. The average molecular weight is 496 g/mol. The van der Waals surface area contributed by atoms with Gasteiger partial charge in [0.2, 0.25) is 0 Å². The maximum absolute atomic E-state index is 13.3. The molecule has 1 heterocycles. The van der Waals surface area contributed by atoms with Crippen molar-refractivity contribution < 1.29 is 14.3 Å². The molecule has 0 radical (unpaired) electrons. The summed E-state index contributed by atoms with van der Waals surface area (Å²) >= 11 is 0. The summed E-state index contributed by atoms with van der Waals surface area (Å²) < 4.78 is 6.81. The van der Waals surface area contributed by atoms with Crippen LogP contribution in [0.1, 0.15) is 47.8 Å². The molecule has 1 amide bonds. The molecule has 0 fully saturated rings. The molecule has 0 saturated carbocycles. The van der Waals surface area contributed by atoms with Crippen molar-refractivity contribution in [3.8, 4) is 5.69 Å².